The van der Waals surface area contributed by atoms with Gasteiger partial charge in [-0.25, -0.2) is 13.6 Å². The normalized spacial score (nSPS) is 13.2. The van der Waals surface area contributed by atoms with Gasteiger partial charge in [0.25, 0.3) is 0 Å². The molecule has 3 N–H and O–H groups in total. The van der Waals surface area contributed by atoms with Crippen LogP contribution in [0.15, 0.2) is 0 Å². The minimum Gasteiger partial charge on any atom is -0.480 e. The van der Waals surface area contributed by atoms with Crippen molar-refractivity contribution < 1.29 is 18.3 Å². The van der Waals surface area contributed by atoms with Gasteiger partial charge in [-0.1, -0.05) is 0 Å². The van der Waals surface area contributed by atoms with E-state index in [9.17, 15) is 13.2 Å². The van der Waals surface area contributed by atoms with Crippen molar-refractivity contribution in [3.8, 4) is 0 Å². The zero-order chi connectivity index (χ0) is 11.6. The average Bonchev–Trinajstić information content (AvgIpc) is 1.98. The summed E-state index contributed by atoms with van der Waals surface area (Å²) in [5.74, 6) is -1.25. The number of nitrogens with two attached hydrogens (primary N) is 1. The molecule has 84 valence electrons. The van der Waals surface area contributed by atoms with Crippen molar-refractivity contribution >= 4 is 16.0 Å². The lowest BCUT2D eigenvalue weighted by Gasteiger charge is -2.30. The molecular weight excluding hydrogens is 208 g/mol. The van der Waals surface area contributed by atoms with E-state index < -0.39 is 21.5 Å². The molecule has 0 aliphatic rings. The van der Waals surface area contributed by atoms with E-state index in [0.717, 1.165) is 0 Å². The Kier molecular flexibility index (Phi) is 4.04. The maximum absolute atomic E-state index is 10.8. The summed E-state index contributed by atoms with van der Waals surface area (Å²) in [6.45, 7) is 3.09. The molecule has 0 atom stereocenters. The highest BCUT2D eigenvalue weighted by Crippen LogP contribution is 2.11. The molecule has 0 saturated heterocycles. The summed E-state index contributed by atoms with van der Waals surface area (Å²) >= 11 is 0. The molecule has 0 aliphatic carbocycles. The fourth-order valence-electron chi connectivity index (χ4n) is 0.707. The van der Waals surface area contributed by atoms with Crippen LogP contribution in [0.3, 0.4) is 0 Å². The van der Waals surface area contributed by atoms with E-state index in [4.69, 9.17) is 10.2 Å². The highest BCUT2D eigenvalue weighted by atomic mass is 32.2. The first kappa shape index (κ1) is 13.3. The molecule has 0 amide bonds. The molecule has 0 heterocycles. The van der Waals surface area contributed by atoms with Crippen molar-refractivity contribution in [2.45, 2.75) is 19.4 Å². The highest BCUT2D eigenvalue weighted by molar-refractivity contribution is 7.89. The van der Waals surface area contributed by atoms with E-state index in [1.165, 1.54) is 18.7 Å². The lowest BCUT2D eigenvalue weighted by Crippen LogP contribution is -2.49. The predicted octanol–water partition coefficient (Wildman–Crippen LogP) is -0.930. The summed E-state index contributed by atoms with van der Waals surface area (Å²) in [6, 6.07) is 0. The number of aliphatic carboxylic acids is 1. The SMILES string of the molecule is CN(CCS(N)(=O)=O)C(C)(C)C(=O)O. The van der Waals surface area contributed by atoms with Gasteiger partial charge in [-0.2, -0.15) is 0 Å². The van der Waals surface area contributed by atoms with Crippen LogP contribution in [0.4, 0.5) is 0 Å². The molecule has 0 bridgehead atoms. The highest BCUT2D eigenvalue weighted by Gasteiger charge is 2.32. The van der Waals surface area contributed by atoms with Gasteiger partial charge in [0.15, 0.2) is 0 Å². The Labute approximate surface area is 83.7 Å². The number of hydrogen-bond acceptors (Lipinski definition) is 4. The van der Waals surface area contributed by atoms with Gasteiger partial charge in [-0.15, -0.1) is 0 Å². The Morgan fingerprint density at radius 1 is 1.50 bits per heavy atom. The van der Waals surface area contributed by atoms with Crippen LogP contribution >= 0.6 is 0 Å². The molecule has 6 nitrogen and oxygen atoms in total. The first-order chi connectivity index (χ1) is 6.07. The number of primary sulfonamides is 1. The second kappa shape index (κ2) is 4.24. The van der Waals surface area contributed by atoms with E-state index in [2.05, 4.69) is 0 Å². The molecule has 0 unspecified atom stereocenters. The summed E-state index contributed by atoms with van der Waals surface area (Å²) < 4.78 is 21.3. The van der Waals surface area contributed by atoms with E-state index >= 15 is 0 Å². The van der Waals surface area contributed by atoms with Gasteiger partial charge < -0.3 is 5.11 Å². The monoisotopic (exact) mass is 224 g/mol. The summed E-state index contributed by atoms with van der Waals surface area (Å²) in [4.78, 5) is 12.2. The first-order valence-electron chi connectivity index (χ1n) is 4.02. The number of carboxylic acid groups (broad SMARTS) is 1. The van der Waals surface area contributed by atoms with E-state index in [1.54, 1.807) is 7.05 Å². The van der Waals surface area contributed by atoms with Crippen molar-refractivity contribution in [1.82, 2.24) is 4.90 Å². The van der Waals surface area contributed by atoms with Crippen LogP contribution in [0.2, 0.25) is 0 Å². The largest absolute Gasteiger partial charge is 0.480 e. The molecule has 0 aromatic rings. The molecule has 14 heavy (non-hydrogen) atoms. The van der Waals surface area contributed by atoms with Crippen molar-refractivity contribution in [3.05, 3.63) is 0 Å². The molecule has 0 saturated carbocycles. The van der Waals surface area contributed by atoms with Gasteiger partial charge >= 0.3 is 5.97 Å². The second-order valence-electron chi connectivity index (χ2n) is 3.65. The molecule has 0 aromatic heterocycles. The average molecular weight is 224 g/mol. The molecular formula is C7H16N2O4S. The quantitative estimate of drug-likeness (QED) is 0.628. The third-order valence-electron chi connectivity index (χ3n) is 2.19. The number of nitrogens with zero attached hydrogens (tertiary/aromatic N) is 1. The lowest BCUT2D eigenvalue weighted by molar-refractivity contribution is -0.148. The van der Waals surface area contributed by atoms with Crippen LogP contribution in [0.1, 0.15) is 13.8 Å². The number of carboxylic acids is 1. The molecule has 7 heteroatoms. The summed E-state index contributed by atoms with van der Waals surface area (Å²) in [5, 5.41) is 13.6. The van der Waals surface area contributed by atoms with Gasteiger partial charge in [-0.3, -0.25) is 9.69 Å². The Bertz CT molecular complexity index is 310. The number of hydrogen-bond donors (Lipinski definition) is 2. The lowest BCUT2D eigenvalue weighted by atomic mass is 10.0. The van der Waals surface area contributed by atoms with Crippen molar-refractivity contribution in [1.29, 1.82) is 0 Å². The maximum Gasteiger partial charge on any atom is 0.323 e. The zero-order valence-corrected chi connectivity index (χ0v) is 9.34. The molecule has 0 aromatic carbocycles. The van der Waals surface area contributed by atoms with Crippen LogP contribution in [-0.2, 0) is 14.8 Å². The molecule has 0 aliphatic heterocycles. The van der Waals surface area contributed by atoms with Crippen molar-refractivity contribution in [2.75, 3.05) is 19.3 Å². The second-order valence-corrected chi connectivity index (χ2v) is 5.39. The van der Waals surface area contributed by atoms with Gasteiger partial charge in [0.05, 0.1) is 5.75 Å². The third kappa shape index (κ3) is 4.03. The minimum absolute atomic E-state index is 0.0954. The molecule has 0 fully saturated rings. The Morgan fingerprint density at radius 2 is 1.93 bits per heavy atom. The Balaban J connectivity index is 4.36. The Hall–Kier alpha value is -0.660. The Morgan fingerprint density at radius 3 is 2.21 bits per heavy atom. The van der Waals surface area contributed by atoms with E-state index in [-0.39, 0.29) is 12.3 Å². The van der Waals surface area contributed by atoms with E-state index in [0.29, 0.717) is 0 Å². The van der Waals surface area contributed by atoms with E-state index in [1.807, 2.05) is 0 Å². The fraction of sp³-hybridized carbons (Fsp3) is 0.857. The number of carbonyl (C=O) groups is 1. The minimum atomic E-state index is -3.54. The topological polar surface area (TPSA) is 101 Å². The molecule has 0 rings (SSSR count). The number of rotatable bonds is 5. The molecule has 0 radical (unpaired) electrons. The summed E-state index contributed by atoms with van der Waals surface area (Å²) in [5.41, 5.74) is -1.09. The van der Waals surface area contributed by atoms with Crippen LogP contribution in [-0.4, -0.2) is 49.3 Å². The fourth-order valence-corrected chi connectivity index (χ4v) is 1.24. The number of likely N-dealkylation sites (N-methyl/N-ethyl adjacent to an activating group) is 1. The van der Waals surface area contributed by atoms with Crippen LogP contribution in [0.5, 0.6) is 0 Å². The summed E-state index contributed by atoms with van der Waals surface area (Å²) in [6.07, 6.45) is 0. The third-order valence-corrected chi connectivity index (χ3v) is 2.94. The predicted molar refractivity (Wildman–Crippen MR) is 52.3 cm³/mol. The van der Waals surface area contributed by atoms with Gasteiger partial charge in [0.2, 0.25) is 10.0 Å². The summed E-state index contributed by atoms with van der Waals surface area (Å²) in [7, 11) is -2.00. The van der Waals surface area contributed by atoms with Gasteiger partial charge in [0, 0.05) is 6.54 Å². The smallest absolute Gasteiger partial charge is 0.323 e. The zero-order valence-electron chi connectivity index (χ0n) is 8.52. The van der Waals surface area contributed by atoms with Crippen LogP contribution in [0, 0.1) is 0 Å². The van der Waals surface area contributed by atoms with Crippen molar-refractivity contribution in [3.63, 3.8) is 0 Å². The van der Waals surface area contributed by atoms with Gasteiger partial charge in [-0.05, 0) is 20.9 Å². The van der Waals surface area contributed by atoms with Crippen molar-refractivity contribution in [2.24, 2.45) is 5.14 Å². The molecule has 0 spiro atoms. The van der Waals surface area contributed by atoms with Gasteiger partial charge in [0.1, 0.15) is 5.54 Å². The standard InChI is InChI=1S/C7H16N2O4S/c1-7(2,6(10)11)9(3)4-5-14(8,12)13/h4-5H2,1-3H3,(H,10,11)(H2,8,12,13). The van der Waals surface area contributed by atoms with Crippen LogP contribution < -0.4 is 5.14 Å². The first-order valence-corrected chi connectivity index (χ1v) is 5.74. The van der Waals surface area contributed by atoms with Crippen LogP contribution in [0.25, 0.3) is 0 Å². The number of sulfonamides is 1. The maximum atomic E-state index is 10.8.